The molecule has 0 spiro atoms. The Morgan fingerprint density at radius 3 is 2.34 bits per heavy atom. The van der Waals surface area contributed by atoms with E-state index in [1.165, 1.54) is 44.9 Å². The monoisotopic (exact) mass is 489 g/mol. The highest BCUT2D eigenvalue weighted by molar-refractivity contribution is 5.83. The smallest absolute Gasteiger partial charge is 0.326 e. The molecule has 4 saturated carbocycles. The van der Waals surface area contributed by atoms with Crippen LogP contribution in [0.2, 0.25) is 0 Å². The van der Waals surface area contributed by atoms with Crippen LogP contribution in [0.25, 0.3) is 0 Å². The average Bonchev–Trinajstić information content (AvgIpc) is 3.18. The largest absolute Gasteiger partial charge is 0.480 e. The number of carbonyl (C=O) groups excluding carboxylic acids is 1. The summed E-state index contributed by atoms with van der Waals surface area (Å²) >= 11 is 0. The first-order valence-corrected chi connectivity index (χ1v) is 14.7. The Hall–Kier alpha value is -1.10. The summed E-state index contributed by atoms with van der Waals surface area (Å²) in [6, 6.07) is -0.788. The van der Waals surface area contributed by atoms with E-state index in [-0.39, 0.29) is 17.9 Å². The number of aliphatic carboxylic acids is 1. The number of hydrogen-bond acceptors (Lipinski definition) is 3. The molecule has 0 aromatic heterocycles. The van der Waals surface area contributed by atoms with E-state index >= 15 is 0 Å². The first kappa shape index (κ1) is 26.9. The Kier molecular flexibility index (Phi) is 7.96. The zero-order chi connectivity index (χ0) is 25.5. The number of rotatable bonds is 8. The van der Waals surface area contributed by atoms with Crippen LogP contribution in [-0.4, -0.2) is 34.2 Å². The van der Waals surface area contributed by atoms with Crippen molar-refractivity contribution < 1.29 is 19.8 Å². The molecule has 3 unspecified atom stereocenters. The van der Waals surface area contributed by atoms with E-state index in [0.29, 0.717) is 35.0 Å². The van der Waals surface area contributed by atoms with Gasteiger partial charge in [0.2, 0.25) is 5.91 Å². The first-order chi connectivity index (χ1) is 16.5. The van der Waals surface area contributed by atoms with Gasteiger partial charge in [-0.05, 0) is 116 Å². The van der Waals surface area contributed by atoms with Gasteiger partial charge in [0.15, 0.2) is 0 Å². The van der Waals surface area contributed by atoms with Gasteiger partial charge in [-0.15, -0.1) is 0 Å². The number of aliphatic hydroxyl groups is 1. The Bertz CT molecular complexity index is 784. The van der Waals surface area contributed by atoms with Crippen molar-refractivity contribution in [1.29, 1.82) is 0 Å². The van der Waals surface area contributed by atoms with Crippen molar-refractivity contribution in [3.8, 4) is 0 Å². The minimum absolute atomic E-state index is 0.0667. The maximum Gasteiger partial charge on any atom is 0.326 e. The number of nitrogens with one attached hydrogen (secondary N) is 1. The second-order valence-electron chi connectivity index (χ2n) is 13.6. The van der Waals surface area contributed by atoms with Crippen LogP contribution in [-0.2, 0) is 9.59 Å². The van der Waals surface area contributed by atoms with E-state index < -0.39 is 12.0 Å². The van der Waals surface area contributed by atoms with Crippen LogP contribution in [0, 0.1) is 52.3 Å². The van der Waals surface area contributed by atoms with Gasteiger partial charge in [-0.2, -0.15) is 0 Å². The van der Waals surface area contributed by atoms with Gasteiger partial charge in [-0.25, -0.2) is 4.79 Å². The number of fused-ring (bicyclic) bond motifs is 5. The molecule has 1 amide bonds. The molecule has 3 N–H and O–H groups in total. The minimum atomic E-state index is -0.931. The van der Waals surface area contributed by atoms with E-state index in [1.807, 2.05) is 13.8 Å². The van der Waals surface area contributed by atoms with E-state index in [9.17, 15) is 19.8 Å². The molecule has 4 rings (SSSR count). The molecule has 5 nitrogen and oxygen atoms in total. The number of carboxylic acids is 1. The lowest BCUT2D eigenvalue weighted by atomic mass is 9.44. The standard InChI is InChI=1S/C30H51NO4/c1-6-18(2)27(28(34)35)31-26(33)12-7-19(3)23-10-11-24-22-9-8-20-17-21(32)13-15-29(20,4)25(22)14-16-30(23,24)5/h18-25,27,32H,6-17H2,1-5H3,(H,31,33)(H,34,35)/t18?,19?,20-,21-,22+,23-,24+,25+,27?,29+,30-/m1/s1. The average molecular weight is 490 g/mol. The molecule has 4 aliphatic carbocycles. The summed E-state index contributed by atoms with van der Waals surface area (Å²) in [7, 11) is 0. The van der Waals surface area contributed by atoms with Crippen LogP contribution in [0.5, 0.6) is 0 Å². The molecular weight excluding hydrogens is 438 g/mol. The topological polar surface area (TPSA) is 86.6 Å². The minimum Gasteiger partial charge on any atom is -0.480 e. The SMILES string of the molecule is CCC(C)C(NC(=O)CCC(C)[C@H]1CC[C@H]2[C@@H]3CC[C@@H]4C[C@H](O)CC[C@]4(C)[C@H]3CC[C@]12C)C(=O)O. The molecule has 0 heterocycles. The second-order valence-corrected chi connectivity index (χ2v) is 13.6. The zero-order valence-electron chi connectivity index (χ0n) is 22.9. The molecule has 5 heteroatoms. The van der Waals surface area contributed by atoms with E-state index in [0.717, 1.165) is 43.4 Å². The van der Waals surface area contributed by atoms with Crippen LogP contribution in [0.1, 0.15) is 112 Å². The molecule has 11 atom stereocenters. The normalized spacial score (nSPS) is 43.3. The molecule has 35 heavy (non-hydrogen) atoms. The third kappa shape index (κ3) is 4.92. The van der Waals surface area contributed by atoms with Gasteiger partial charge in [0.1, 0.15) is 6.04 Å². The second kappa shape index (κ2) is 10.3. The lowest BCUT2D eigenvalue weighted by Gasteiger charge is -2.61. The summed E-state index contributed by atoms with van der Waals surface area (Å²) in [5.41, 5.74) is 0.788. The van der Waals surface area contributed by atoms with Crippen LogP contribution in [0.4, 0.5) is 0 Å². The summed E-state index contributed by atoms with van der Waals surface area (Å²) < 4.78 is 0. The maximum absolute atomic E-state index is 12.6. The van der Waals surface area contributed by atoms with Gasteiger partial charge >= 0.3 is 5.97 Å². The highest BCUT2D eigenvalue weighted by atomic mass is 16.4. The number of carbonyl (C=O) groups is 2. The number of aliphatic hydroxyl groups excluding tert-OH is 1. The van der Waals surface area contributed by atoms with Gasteiger partial charge in [-0.3, -0.25) is 4.79 Å². The van der Waals surface area contributed by atoms with Gasteiger partial charge in [0.05, 0.1) is 6.10 Å². The fraction of sp³-hybridized carbons (Fsp3) is 0.933. The predicted molar refractivity (Wildman–Crippen MR) is 139 cm³/mol. The Balaban J connectivity index is 1.37. The van der Waals surface area contributed by atoms with Crippen molar-refractivity contribution in [3.63, 3.8) is 0 Å². The third-order valence-corrected chi connectivity index (χ3v) is 12.0. The van der Waals surface area contributed by atoms with Gasteiger partial charge in [-0.1, -0.05) is 41.0 Å². The zero-order valence-corrected chi connectivity index (χ0v) is 22.9. The summed E-state index contributed by atoms with van der Waals surface area (Å²) in [5.74, 6) is 3.19. The van der Waals surface area contributed by atoms with Crippen molar-refractivity contribution in [1.82, 2.24) is 5.32 Å². The van der Waals surface area contributed by atoms with E-state index in [2.05, 4.69) is 26.1 Å². The summed E-state index contributed by atoms with van der Waals surface area (Å²) in [4.78, 5) is 24.2. The Morgan fingerprint density at radius 1 is 0.971 bits per heavy atom. The maximum atomic E-state index is 12.6. The van der Waals surface area contributed by atoms with Crippen molar-refractivity contribution in [2.45, 2.75) is 124 Å². The Morgan fingerprint density at radius 2 is 1.66 bits per heavy atom. The predicted octanol–water partition coefficient (Wildman–Crippen LogP) is 6.04. The number of hydrogen-bond donors (Lipinski definition) is 3. The summed E-state index contributed by atoms with van der Waals surface area (Å²) in [5, 5.41) is 22.6. The third-order valence-electron chi connectivity index (χ3n) is 12.0. The van der Waals surface area contributed by atoms with Gasteiger partial charge in [0.25, 0.3) is 0 Å². The highest BCUT2D eigenvalue weighted by Crippen LogP contribution is 2.68. The quantitative estimate of drug-likeness (QED) is 0.388. The van der Waals surface area contributed by atoms with Crippen LogP contribution in [0.15, 0.2) is 0 Å². The molecule has 4 aliphatic rings. The number of carboxylic acid groups (broad SMARTS) is 1. The lowest BCUT2D eigenvalue weighted by Crippen LogP contribution is -2.54. The molecule has 0 aromatic carbocycles. The van der Waals surface area contributed by atoms with Crippen LogP contribution < -0.4 is 5.32 Å². The van der Waals surface area contributed by atoms with E-state index in [4.69, 9.17) is 0 Å². The van der Waals surface area contributed by atoms with Crippen molar-refractivity contribution >= 4 is 11.9 Å². The lowest BCUT2D eigenvalue weighted by molar-refractivity contribution is -0.143. The van der Waals surface area contributed by atoms with Crippen molar-refractivity contribution in [2.75, 3.05) is 0 Å². The molecule has 0 saturated heterocycles. The summed E-state index contributed by atoms with van der Waals surface area (Å²) in [6.45, 7) is 11.3. The van der Waals surface area contributed by atoms with Crippen molar-refractivity contribution in [3.05, 3.63) is 0 Å². The molecule has 0 bridgehead atoms. The van der Waals surface area contributed by atoms with E-state index in [1.54, 1.807) is 0 Å². The fourth-order valence-electron chi connectivity index (χ4n) is 9.70. The molecular formula is C30H51NO4. The fourth-order valence-corrected chi connectivity index (χ4v) is 9.70. The van der Waals surface area contributed by atoms with Crippen molar-refractivity contribution in [2.24, 2.45) is 52.3 Å². The van der Waals surface area contributed by atoms with Crippen LogP contribution >= 0.6 is 0 Å². The van der Waals surface area contributed by atoms with Crippen LogP contribution in [0.3, 0.4) is 0 Å². The molecule has 0 aromatic rings. The first-order valence-electron chi connectivity index (χ1n) is 14.7. The van der Waals surface area contributed by atoms with Gasteiger partial charge in [0, 0.05) is 6.42 Å². The molecule has 4 fully saturated rings. The van der Waals surface area contributed by atoms with Gasteiger partial charge < -0.3 is 15.5 Å². The Labute approximate surface area is 213 Å². The molecule has 0 aliphatic heterocycles. The summed E-state index contributed by atoms with van der Waals surface area (Å²) in [6.07, 6.45) is 13.0. The molecule has 0 radical (unpaired) electrons. The number of amides is 1. The molecule has 200 valence electrons. The highest BCUT2D eigenvalue weighted by Gasteiger charge is 2.60.